The second kappa shape index (κ2) is 10.5. The molecule has 4 rings (SSSR count). The number of oxazole rings is 1. The molecule has 0 aliphatic heterocycles. The molecule has 0 bridgehead atoms. The van der Waals surface area contributed by atoms with Gasteiger partial charge in [-0.25, -0.2) is 14.2 Å². The predicted octanol–water partition coefficient (Wildman–Crippen LogP) is 3.45. The first-order valence-corrected chi connectivity index (χ1v) is 12.3. The smallest absolute Gasteiger partial charge is 0.332 e. The van der Waals surface area contributed by atoms with Crippen LogP contribution >= 0.6 is 11.3 Å². The van der Waals surface area contributed by atoms with Gasteiger partial charge in [-0.3, -0.25) is 18.7 Å². The minimum absolute atomic E-state index is 0.138. The van der Waals surface area contributed by atoms with Crippen LogP contribution in [0.3, 0.4) is 0 Å². The van der Waals surface area contributed by atoms with Gasteiger partial charge >= 0.3 is 5.69 Å². The maximum Gasteiger partial charge on any atom is 0.332 e. The van der Waals surface area contributed by atoms with E-state index >= 15 is 0 Å². The van der Waals surface area contributed by atoms with Gasteiger partial charge in [-0.2, -0.15) is 0 Å². The van der Waals surface area contributed by atoms with Crippen LogP contribution in [0.4, 0.5) is 4.39 Å². The van der Waals surface area contributed by atoms with Crippen molar-refractivity contribution in [2.75, 3.05) is 20.7 Å². The third kappa shape index (κ3) is 4.70. The summed E-state index contributed by atoms with van der Waals surface area (Å²) in [4.78, 5) is 46.6. The second-order valence-corrected chi connectivity index (χ2v) is 9.42. The lowest BCUT2D eigenvalue weighted by atomic mass is 10.1. The second-order valence-electron chi connectivity index (χ2n) is 8.42. The van der Waals surface area contributed by atoms with Crippen molar-refractivity contribution in [1.82, 2.24) is 19.0 Å². The summed E-state index contributed by atoms with van der Waals surface area (Å²) in [5, 5.41) is 0.324. The maximum absolute atomic E-state index is 13.9. The number of methoxy groups -OCH3 is 1. The Kier molecular flexibility index (Phi) is 7.39. The molecule has 0 fully saturated rings. The molecule has 0 aliphatic rings. The average Bonchev–Trinajstić information content (AvgIpc) is 3.50. The van der Waals surface area contributed by atoms with E-state index in [1.165, 1.54) is 58.6 Å². The van der Waals surface area contributed by atoms with Gasteiger partial charge in [-0.1, -0.05) is 6.92 Å². The Hall–Kier alpha value is -3.73. The number of rotatable bonds is 9. The first-order valence-electron chi connectivity index (χ1n) is 11.5. The Morgan fingerprint density at radius 1 is 1.28 bits per heavy atom. The van der Waals surface area contributed by atoms with Gasteiger partial charge in [0.15, 0.2) is 0 Å². The lowest BCUT2D eigenvalue weighted by Gasteiger charge is -2.18. The van der Waals surface area contributed by atoms with Crippen LogP contribution in [0.25, 0.3) is 21.0 Å². The molecule has 0 saturated carbocycles. The Balaban J connectivity index is 1.87. The molecule has 0 radical (unpaired) electrons. The molecule has 0 atom stereocenters. The number of carbonyl (C=O) groups excluding carboxylic acids is 1. The molecular formula is C25H27FN4O5S. The molecule has 4 aromatic rings. The van der Waals surface area contributed by atoms with Crippen LogP contribution in [-0.4, -0.2) is 45.6 Å². The summed E-state index contributed by atoms with van der Waals surface area (Å²) in [6.45, 7) is 3.97. The first kappa shape index (κ1) is 25.4. The van der Waals surface area contributed by atoms with E-state index in [1.807, 2.05) is 6.92 Å². The van der Waals surface area contributed by atoms with E-state index in [0.29, 0.717) is 44.4 Å². The fourth-order valence-electron chi connectivity index (χ4n) is 4.16. The van der Waals surface area contributed by atoms with Gasteiger partial charge in [0.1, 0.15) is 29.2 Å². The van der Waals surface area contributed by atoms with E-state index in [0.717, 1.165) is 11.0 Å². The van der Waals surface area contributed by atoms with E-state index < -0.39 is 17.1 Å². The summed E-state index contributed by atoms with van der Waals surface area (Å²) < 4.78 is 27.2. The number of amides is 1. The number of likely N-dealkylation sites (N-methyl/N-ethyl adjacent to an activating group) is 1. The summed E-state index contributed by atoms with van der Waals surface area (Å²) >= 11 is 1.22. The SMILES string of the molecule is CCCN(C)C(=O)Cn1c(=O)c2c(C)c(-c3ncco3)sc2n(CCc2cc(F)ccc2OC)c1=O. The Morgan fingerprint density at radius 2 is 2.06 bits per heavy atom. The Labute approximate surface area is 210 Å². The highest BCUT2D eigenvalue weighted by atomic mass is 32.1. The summed E-state index contributed by atoms with van der Waals surface area (Å²) in [6, 6.07) is 4.19. The van der Waals surface area contributed by atoms with E-state index in [2.05, 4.69) is 4.98 Å². The van der Waals surface area contributed by atoms with Crippen molar-refractivity contribution in [3.63, 3.8) is 0 Å². The molecule has 0 N–H and O–H groups in total. The number of benzene rings is 1. The van der Waals surface area contributed by atoms with Gasteiger partial charge in [-0.15, -0.1) is 11.3 Å². The number of fused-ring (bicyclic) bond motifs is 1. The highest BCUT2D eigenvalue weighted by molar-refractivity contribution is 7.22. The lowest BCUT2D eigenvalue weighted by Crippen LogP contribution is -2.44. The zero-order valence-corrected chi connectivity index (χ0v) is 21.4. The fourth-order valence-corrected chi connectivity index (χ4v) is 5.42. The largest absolute Gasteiger partial charge is 0.496 e. The van der Waals surface area contributed by atoms with Crippen LogP contribution in [0.5, 0.6) is 5.75 Å². The van der Waals surface area contributed by atoms with Crippen molar-refractivity contribution in [3.05, 3.63) is 68.4 Å². The van der Waals surface area contributed by atoms with Crippen molar-refractivity contribution in [2.24, 2.45) is 0 Å². The summed E-state index contributed by atoms with van der Waals surface area (Å²) in [6.07, 6.45) is 3.95. The minimum Gasteiger partial charge on any atom is -0.496 e. The van der Waals surface area contributed by atoms with Crippen LogP contribution in [0, 0.1) is 12.7 Å². The number of ether oxygens (including phenoxy) is 1. The highest BCUT2D eigenvalue weighted by Gasteiger charge is 2.24. The molecule has 190 valence electrons. The third-order valence-corrected chi connectivity index (χ3v) is 7.35. The molecule has 9 nitrogen and oxygen atoms in total. The maximum atomic E-state index is 13.9. The molecule has 36 heavy (non-hydrogen) atoms. The van der Waals surface area contributed by atoms with Crippen molar-refractivity contribution in [2.45, 2.75) is 39.8 Å². The van der Waals surface area contributed by atoms with Gasteiger partial charge in [0.25, 0.3) is 5.56 Å². The number of nitrogens with zero attached hydrogens (tertiary/aromatic N) is 4. The number of aromatic nitrogens is 3. The molecule has 1 aromatic carbocycles. The first-order chi connectivity index (χ1) is 17.3. The predicted molar refractivity (Wildman–Crippen MR) is 135 cm³/mol. The molecule has 1 amide bonds. The van der Waals surface area contributed by atoms with Crippen LogP contribution in [0.2, 0.25) is 0 Å². The molecule has 0 aliphatic carbocycles. The topological polar surface area (TPSA) is 99.6 Å². The van der Waals surface area contributed by atoms with Gasteiger partial charge in [0, 0.05) is 20.1 Å². The van der Waals surface area contributed by atoms with Crippen LogP contribution < -0.4 is 16.0 Å². The Morgan fingerprint density at radius 3 is 2.72 bits per heavy atom. The van der Waals surface area contributed by atoms with Gasteiger partial charge < -0.3 is 14.1 Å². The fraction of sp³-hybridized carbons (Fsp3) is 0.360. The van der Waals surface area contributed by atoms with Gasteiger partial charge in [-0.05, 0) is 49.1 Å². The van der Waals surface area contributed by atoms with Crippen LogP contribution in [0.1, 0.15) is 24.5 Å². The molecule has 3 heterocycles. The number of halogens is 1. The van der Waals surface area contributed by atoms with Crippen LogP contribution in [-0.2, 0) is 24.3 Å². The standard InChI is InChI=1S/C25H27FN4O5S/c1-5-10-28(3)19(31)14-30-23(32)20-15(2)21(22-27-9-12-35-22)36-24(20)29(25(30)33)11-8-16-13-17(26)6-7-18(16)34-4/h6-7,9,12-13H,5,8,10-11,14H2,1-4H3. The monoisotopic (exact) mass is 514 g/mol. The van der Waals surface area contributed by atoms with Crippen molar-refractivity contribution in [1.29, 1.82) is 0 Å². The quantitative estimate of drug-likeness (QED) is 0.339. The molecule has 0 saturated heterocycles. The lowest BCUT2D eigenvalue weighted by molar-refractivity contribution is -0.130. The number of aryl methyl sites for hydroxylation is 3. The molecule has 0 spiro atoms. The van der Waals surface area contributed by atoms with E-state index in [4.69, 9.17) is 9.15 Å². The highest BCUT2D eigenvalue weighted by Crippen LogP contribution is 2.35. The molecule has 3 aromatic heterocycles. The summed E-state index contributed by atoms with van der Waals surface area (Å²) in [5.41, 5.74) is 0.0404. The van der Waals surface area contributed by atoms with E-state index in [9.17, 15) is 18.8 Å². The van der Waals surface area contributed by atoms with Crippen LogP contribution in [0.15, 0.2) is 44.7 Å². The summed E-state index contributed by atoms with van der Waals surface area (Å²) in [5.74, 6) is 0.0722. The number of carbonyl (C=O) groups is 1. The molecule has 0 unspecified atom stereocenters. The van der Waals surface area contributed by atoms with E-state index in [1.54, 1.807) is 14.0 Å². The average molecular weight is 515 g/mol. The number of thiophene rings is 1. The zero-order chi connectivity index (χ0) is 26.0. The summed E-state index contributed by atoms with van der Waals surface area (Å²) in [7, 11) is 3.13. The molecule has 11 heteroatoms. The van der Waals surface area contributed by atoms with Crippen molar-refractivity contribution >= 4 is 27.5 Å². The van der Waals surface area contributed by atoms with Crippen molar-refractivity contribution in [3.8, 4) is 16.5 Å². The third-order valence-electron chi connectivity index (χ3n) is 6.05. The Bertz CT molecular complexity index is 1520. The van der Waals surface area contributed by atoms with Crippen molar-refractivity contribution < 1.29 is 18.3 Å². The zero-order valence-electron chi connectivity index (χ0n) is 20.5. The normalized spacial score (nSPS) is 11.2. The number of hydrogen-bond acceptors (Lipinski definition) is 7. The van der Waals surface area contributed by atoms with Gasteiger partial charge in [0.05, 0.1) is 23.6 Å². The van der Waals surface area contributed by atoms with Gasteiger partial charge in [0.2, 0.25) is 11.8 Å². The van der Waals surface area contributed by atoms with E-state index in [-0.39, 0.29) is 25.4 Å². The minimum atomic E-state index is -0.610. The molecular weight excluding hydrogens is 487 g/mol. The number of hydrogen-bond donors (Lipinski definition) is 0.